The summed E-state index contributed by atoms with van der Waals surface area (Å²) in [6, 6.07) is 0. The molecule has 0 radical (unpaired) electrons. The highest BCUT2D eigenvalue weighted by atomic mass is 32.2. The molecule has 3 N–H and O–H groups in total. The Morgan fingerprint density at radius 3 is 2.80 bits per heavy atom. The molecule has 0 spiro atoms. The molecule has 6 heteroatoms. The van der Waals surface area contributed by atoms with Crippen LogP contribution >= 0.6 is 11.8 Å². The lowest BCUT2D eigenvalue weighted by Crippen LogP contribution is -2.13. The smallest absolute Gasteiger partial charge is 0.187 e. The molecule has 0 amide bonds. The van der Waals surface area contributed by atoms with Crippen LogP contribution in [0.3, 0.4) is 0 Å². The van der Waals surface area contributed by atoms with E-state index in [0.29, 0.717) is 17.3 Å². The second kappa shape index (κ2) is 5.87. The minimum atomic E-state index is -0.484. The van der Waals surface area contributed by atoms with Crippen LogP contribution in [0.25, 0.3) is 0 Å². The highest BCUT2D eigenvalue weighted by Gasteiger charge is 2.09. The Morgan fingerprint density at radius 1 is 1.47 bits per heavy atom. The third kappa shape index (κ3) is 3.32. The maximum Gasteiger partial charge on any atom is 0.187 e. The Kier molecular flexibility index (Phi) is 4.77. The summed E-state index contributed by atoms with van der Waals surface area (Å²) in [6.07, 6.45) is 1.10. The average molecular weight is 230 g/mol. The zero-order chi connectivity index (χ0) is 11.3. The van der Waals surface area contributed by atoms with Crippen molar-refractivity contribution in [2.24, 2.45) is 5.84 Å². The molecular formula is C9H15FN4S. The predicted octanol–water partition coefficient (Wildman–Crippen LogP) is 1.85. The largest absolute Gasteiger partial charge is 0.306 e. The maximum atomic E-state index is 13.3. The molecule has 0 saturated carbocycles. The van der Waals surface area contributed by atoms with E-state index in [0.717, 1.165) is 12.2 Å². The van der Waals surface area contributed by atoms with E-state index in [9.17, 15) is 4.39 Å². The number of anilines is 1. The summed E-state index contributed by atoms with van der Waals surface area (Å²) in [7, 11) is 0. The van der Waals surface area contributed by atoms with Gasteiger partial charge in [-0.25, -0.2) is 20.2 Å². The van der Waals surface area contributed by atoms with Crippen LogP contribution in [0.1, 0.15) is 24.9 Å². The fraction of sp³-hybridized carbons (Fsp3) is 0.556. The predicted molar refractivity (Wildman–Crippen MR) is 61.0 cm³/mol. The summed E-state index contributed by atoms with van der Waals surface area (Å²) in [5, 5.41) is 0. The lowest BCUT2D eigenvalue weighted by Gasteiger charge is -2.06. The standard InChI is InChI=1S/C9H15FN4S/c1-3-4-15-5-7-12-6(2)8(10)9(13-7)14-11/h3-5,11H2,1-2H3,(H,12,13,14). The highest BCUT2D eigenvalue weighted by molar-refractivity contribution is 7.98. The van der Waals surface area contributed by atoms with Gasteiger partial charge in [0.15, 0.2) is 11.6 Å². The third-order valence-electron chi connectivity index (χ3n) is 1.78. The van der Waals surface area contributed by atoms with Crippen molar-refractivity contribution in [2.75, 3.05) is 11.2 Å². The molecule has 1 rings (SSSR count). The van der Waals surface area contributed by atoms with E-state index >= 15 is 0 Å². The zero-order valence-electron chi connectivity index (χ0n) is 8.88. The first-order chi connectivity index (χ1) is 7.19. The topological polar surface area (TPSA) is 63.8 Å². The molecule has 0 atom stereocenters. The number of hydrogen-bond acceptors (Lipinski definition) is 5. The Bertz CT molecular complexity index is 332. The fourth-order valence-corrected chi connectivity index (χ4v) is 1.83. The number of aromatic nitrogens is 2. The quantitative estimate of drug-likeness (QED) is 0.459. The summed E-state index contributed by atoms with van der Waals surface area (Å²) in [5.74, 6) is 7.08. The van der Waals surface area contributed by atoms with Crippen molar-refractivity contribution in [1.29, 1.82) is 0 Å². The summed E-state index contributed by atoms with van der Waals surface area (Å²) < 4.78 is 13.3. The van der Waals surface area contributed by atoms with Crippen molar-refractivity contribution in [3.63, 3.8) is 0 Å². The lowest BCUT2D eigenvalue weighted by atomic mass is 10.4. The molecule has 1 aromatic rings. The lowest BCUT2D eigenvalue weighted by molar-refractivity contribution is 0.602. The maximum absolute atomic E-state index is 13.3. The number of aryl methyl sites for hydroxylation is 1. The van der Waals surface area contributed by atoms with Gasteiger partial charge in [0.05, 0.1) is 11.4 Å². The van der Waals surface area contributed by atoms with E-state index < -0.39 is 5.82 Å². The van der Waals surface area contributed by atoms with Gasteiger partial charge in [0.2, 0.25) is 0 Å². The monoisotopic (exact) mass is 230 g/mol. The number of nitrogens with two attached hydrogens (primary N) is 1. The molecule has 84 valence electrons. The number of rotatable bonds is 5. The number of hydrogen-bond donors (Lipinski definition) is 2. The van der Waals surface area contributed by atoms with E-state index in [4.69, 9.17) is 5.84 Å². The number of halogens is 1. The molecular weight excluding hydrogens is 215 g/mol. The van der Waals surface area contributed by atoms with Gasteiger partial charge in [-0.2, -0.15) is 11.8 Å². The summed E-state index contributed by atoms with van der Waals surface area (Å²) in [5.41, 5.74) is 2.56. The van der Waals surface area contributed by atoms with Gasteiger partial charge >= 0.3 is 0 Å². The zero-order valence-corrected chi connectivity index (χ0v) is 9.70. The molecule has 1 aromatic heterocycles. The first kappa shape index (κ1) is 12.2. The van der Waals surface area contributed by atoms with Crippen LogP contribution in [0, 0.1) is 12.7 Å². The molecule has 0 unspecified atom stereocenters. The SMILES string of the molecule is CCCSCc1nc(C)c(F)c(NN)n1. The number of thioether (sulfide) groups is 1. The molecule has 1 heterocycles. The fourth-order valence-electron chi connectivity index (χ4n) is 1.09. The van der Waals surface area contributed by atoms with E-state index in [1.54, 1.807) is 18.7 Å². The van der Waals surface area contributed by atoms with Gasteiger partial charge in [0.25, 0.3) is 0 Å². The second-order valence-corrected chi connectivity index (χ2v) is 4.19. The van der Waals surface area contributed by atoms with Crippen molar-refractivity contribution in [3.05, 3.63) is 17.3 Å². The number of nitrogens with one attached hydrogen (secondary N) is 1. The van der Waals surface area contributed by atoms with Gasteiger partial charge in [0, 0.05) is 0 Å². The van der Waals surface area contributed by atoms with Gasteiger partial charge < -0.3 is 5.43 Å². The van der Waals surface area contributed by atoms with E-state index in [2.05, 4.69) is 22.3 Å². The van der Waals surface area contributed by atoms with Crippen molar-refractivity contribution < 1.29 is 4.39 Å². The summed E-state index contributed by atoms with van der Waals surface area (Å²) >= 11 is 1.72. The van der Waals surface area contributed by atoms with Crippen LogP contribution in [0.15, 0.2) is 0 Å². The number of hydrazine groups is 1. The minimum Gasteiger partial charge on any atom is -0.306 e. The van der Waals surface area contributed by atoms with Crippen molar-refractivity contribution in [2.45, 2.75) is 26.0 Å². The molecule has 15 heavy (non-hydrogen) atoms. The van der Waals surface area contributed by atoms with E-state index in [1.807, 2.05) is 0 Å². The van der Waals surface area contributed by atoms with Crippen LogP contribution in [0.4, 0.5) is 10.2 Å². The van der Waals surface area contributed by atoms with E-state index in [-0.39, 0.29) is 5.82 Å². The summed E-state index contributed by atoms with van der Waals surface area (Å²) in [4.78, 5) is 8.03. The molecule has 0 bridgehead atoms. The second-order valence-electron chi connectivity index (χ2n) is 3.08. The molecule has 0 aliphatic rings. The van der Waals surface area contributed by atoms with Gasteiger partial charge in [-0.3, -0.25) is 0 Å². The van der Waals surface area contributed by atoms with Crippen molar-refractivity contribution >= 4 is 17.6 Å². The molecule has 0 aromatic carbocycles. The Hall–Kier alpha value is -0.880. The van der Waals surface area contributed by atoms with Crippen LogP contribution < -0.4 is 11.3 Å². The van der Waals surface area contributed by atoms with Crippen molar-refractivity contribution in [1.82, 2.24) is 9.97 Å². The first-order valence-corrected chi connectivity index (χ1v) is 5.91. The Balaban J connectivity index is 2.77. The molecule has 0 aliphatic heterocycles. The number of nitrogen functional groups attached to an aromatic ring is 1. The molecule has 4 nitrogen and oxygen atoms in total. The Morgan fingerprint density at radius 2 is 2.20 bits per heavy atom. The molecule has 0 saturated heterocycles. The van der Waals surface area contributed by atoms with Gasteiger partial charge in [-0.15, -0.1) is 0 Å². The highest BCUT2D eigenvalue weighted by Crippen LogP contribution is 2.16. The van der Waals surface area contributed by atoms with Crippen LogP contribution in [-0.4, -0.2) is 15.7 Å². The van der Waals surface area contributed by atoms with Gasteiger partial charge in [-0.05, 0) is 19.1 Å². The van der Waals surface area contributed by atoms with Crippen molar-refractivity contribution in [3.8, 4) is 0 Å². The van der Waals surface area contributed by atoms with Gasteiger partial charge in [-0.1, -0.05) is 6.92 Å². The molecule has 0 fully saturated rings. The normalized spacial score (nSPS) is 10.4. The van der Waals surface area contributed by atoms with E-state index in [1.165, 1.54) is 0 Å². The first-order valence-electron chi connectivity index (χ1n) is 4.76. The average Bonchev–Trinajstić information content (AvgIpc) is 2.23. The van der Waals surface area contributed by atoms with Crippen LogP contribution in [0.5, 0.6) is 0 Å². The van der Waals surface area contributed by atoms with Gasteiger partial charge in [0.1, 0.15) is 5.82 Å². The number of nitrogens with zero attached hydrogens (tertiary/aromatic N) is 2. The minimum absolute atomic E-state index is 0.0644. The van der Waals surface area contributed by atoms with Crippen LogP contribution in [-0.2, 0) is 5.75 Å². The Labute approximate surface area is 92.8 Å². The molecule has 0 aliphatic carbocycles. The summed E-state index contributed by atoms with van der Waals surface area (Å²) in [6.45, 7) is 3.71. The van der Waals surface area contributed by atoms with Crippen LogP contribution in [0.2, 0.25) is 0 Å². The third-order valence-corrected chi connectivity index (χ3v) is 2.94.